The molecule has 2 heterocycles. The number of anilines is 1. The molecule has 0 spiro atoms. The number of benzene rings is 1. The molecule has 2 aromatic heterocycles. The second-order valence-corrected chi connectivity index (χ2v) is 4.37. The average Bonchev–Trinajstić information content (AvgIpc) is 2.83. The molecule has 5 nitrogen and oxygen atoms in total. The number of aromatic amines is 1. The van der Waals surface area contributed by atoms with E-state index in [2.05, 4.69) is 21.0 Å². The summed E-state index contributed by atoms with van der Waals surface area (Å²) in [4.78, 5) is 11.1. The summed E-state index contributed by atoms with van der Waals surface area (Å²) in [5.41, 5.74) is 8.54. The lowest BCUT2D eigenvalue weighted by molar-refractivity contribution is 1.22. The maximum Gasteiger partial charge on any atom is 0.223 e. The van der Waals surface area contributed by atoms with Gasteiger partial charge in [-0.3, -0.25) is 0 Å². The van der Waals surface area contributed by atoms with Gasteiger partial charge in [-0.2, -0.15) is 10.2 Å². The average molecular weight is 270 g/mol. The lowest BCUT2D eigenvalue weighted by Crippen LogP contribution is -1.94. The topological polar surface area (TPSA) is 91.4 Å². The van der Waals surface area contributed by atoms with Crippen molar-refractivity contribution in [3.8, 4) is 17.3 Å². The molecule has 1 aromatic carbocycles. The molecule has 0 atom stereocenters. The molecule has 0 bridgehead atoms. The highest BCUT2D eigenvalue weighted by molar-refractivity contribution is 6.34. The minimum atomic E-state index is 0.130. The molecule has 0 aliphatic carbocycles. The van der Waals surface area contributed by atoms with Crippen LogP contribution in [-0.4, -0.2) is 15.0 Å². The number of nitrogens with zero attached hydrogens (tertiary/aromatic N) is 3. The van der Waals surface area contributed by atoms with E-state index in [-0.39, 0.29) is 5.95 Å². The summed E-state index contributed by atoms with van der Waals surface area (Å²) in [5, 5.41) is 9.81. The number of nitrogen functional groups attached to an aromatic ring is 1. The highest BCUT2D eigenvalue weighted by atomic mass is 35.5. The fraction of sp³-hybridized carbons (Fsp3) is 0. The number of aromatic nitrogens is 3. The van der Waals surface area contributed by atoms with E-state index in [4.69, 9.17) is 22.6 Å². The molecular weight excluding hydrogens is 262 g/mol. The van der Waals surface area contributed by atoms with E-state index in [1.807, 2.05) is 18.2 Å². The van der Waals surface area contributed by atoms with Crippen LogP contribution in [0.1, 0.15) is 5.56 Å². The van der Waals surface area contributed by atoms with Crippen molar-refractivity contribution >= 4 is 28.6 Å². The Bertz CT molecular complexity index is 798. The van der Waals surface area contributed by atoms with Crippen LogP contribution in [-0.2, 0) is 0 Å². The van der Waals surface area contributed by atoms with Gasteiger partial charge in [-0.05, 0) is 23.8 Å². The number of nitriles is 1. The number of nitrogens with one attached hydrogen (secondary N) is 1. The van der Waals surface area contributed by atoms with Crippen molar-refractivity contribution in [1.82, 2.24) is 15.0 Å². The second kappa shape index (κ2) is 4.26. The van der Waals surface area contributed by atoms with Gasteiger partial charge in [0.1, 0.15) is 10.8 Å². The summed E-state index contributed by atoms with van der Waals surface area (Å²) in [7, 11) is 0. The van der Waals surface area contributed by atoms with E-state index in [9.17, 15) is 0 Å². The highest BCUT2D eigenvalue weighted by Crippen LogP contribution is 2.27. The summed E-state index contributed by atoms with van der Waals surface area (Å²) >= 11 is 6.02. The van der Waals surface area contributed by atoms with E-state index in [1.165, 1.54) is 0 Å². The van der Waals surface area contributed by atoms with Crippen LogP contribution < -0.4 is 5.73 Å². The first-order chi connectivity index (χ1) is 9.17. The van der Waals surface area contributed by atoms with Crippen molar-refractivity contribution in [3.63, 3.8) is 0 Å². The van der Waals surface area contributed by atoms with Crippen LogP contribution in [0.15, 0.2) is 30.3 Å². The van der Waals surface area contributed by atoms with E-state index in [0.29, 0.717) is 16.4 Å². The predicted octanol–water partition coefficient (Wildman–Crippen LogP) is 2.73. The van der Waals surface area contributed by atoms with Gasteiger partial charge in [0.15, 0.2) is 0 Å². The van der Waals surface area contributed by atoms with E-state index < -0.39 is 0 Å². The van der Waals surface area contributed by atoms with Gasteiger partial charge in [-0.15, -0.1) is 0 Å². The minimum absolute atomic E-state index is 0.130. The summed E-state index contributed by atoms with van der Waals surface area (Å²) in [6, 6.07) is 11.2. The molecule has 3 aromatic rings. The third-order valence-corrected chi connectivity index (χ3v) is 3.07. The molecule has 92 valence electrons. The Balaban J connectivity index is 2.15. The summed E-state index contributed by atoms with van der Waals surface area (Å²) < 4.78 is 0. The van der Waals surface area contributed by atoms with Crippen LogP contribution in [0.3, 0.4) is 0 Å². The molecular formula is C13H8ClN5. The molecule has 0 aliphatic heterocycles. The van der Waals surface area contributed by atoms with Gasteiger partial charge in [-0.25, -0.2) is 4.98 Å². The van der Waals surface area contributed by atoms with Gasteiger partial charge in [0.2, 0.25) is 5.95 Å². The van der Waals surface area contributed by atoms with Crippen LogP contribution in [0.4, 0.5) is 5.95 Å². The Morgan fingerprint density at radius 2 is 1.95 bits per heavy atom. The largest absolute Gasteiger partial charge is 0.368 e. The van der Waals surface area contributed by atoms with Gasteiger partial charge >= 0.3 is 0 Å². The van der Waals surface area contributed by atoms with Crippen LogP contribution >= 0.6 is 11.6 Å². The Morgan fingerprint density at radius 1 is 1.21 bits per heavy atom. The SMILES string of the molecule is N#Cc1ccc(-c2cc3c(Cl)nc(N)nc3[nH]2)cc1. The molecule has 0 saturated carbocycles. The summed E-state index contributed by atoms with van der Waals surface area (Å²) in [6.07, 6.45) is 0. The Morgan fingerprint density at radius 3 is 2.63 bits per heavy atom. The quantitative estimate of drug-likeness (QED) is 0.665. The van der Waals surface area contributed by atoms with Crippen molar-refractivity contribution in [2.24, 2.45) is 0 Å². The zero-order valence-electron chi connectivity index (χ0n) is 9.68. The van der Waals surface area contributed by atoms with E-state index in [1.54, 1.807) is 12.1 Å². The van der Waals surface area contributed by atoms with E-state index >= 15 is 0 Å². The number of H-pyrrole nitrogens is 1. The Kier molecular flexibility index (Phi) is 2.58. The van der Waals surface area contributed by atoms with Crippen molar-refractivity contribution < 1.29 is 0 Å². The van der Waals surface area contributed by atoms with Crippen LogP contribution in [0.5, 0.6) is 0 Å². The zero-order chi connectivity index (χ0) is 13.4. The predicted molar refractivity (Wildman–Crippen MR) is 73.5 cm³/mol. The number of hydrogen-bond donors (Lipinski definition) is 2. The van der Waals surface area contributed by atoms with Crippen LogP contribution in [0.2, 0.25) is 5.15 Å². The van der Waals surface area contributed by atoms with Crippen molar-refractivity contribution in [2.75, 3.05) is 5.73 Å². The third-order valence-electron chi connectivity index (χ3n) is 2.78. The van der Waals surface area contributed by atoms with Gasteiger partial charge < -0.3 is 10.7 Å². The number of nitrogens with two attached hydrogens (primary N) is 1. The first-order valence-electron chi connectivity index (χ1n) is 5.49. The van der Waals surface area contributed by atoms with Crippen molar-refractivity contribution in [3.05, 3.63) is 41.0 Å². The Hall–Kier alpha value is -2.58. The Labute approximate surface area is 113 Å². The highest BCUT2D eigenvalue weighted by Gasteiger charge is 2.09. The lowest BCUT2D eigenvalue weighted by atomic mass is 10.1. The van der Waals surface area contributed by atoms with E-state index in [0.717, 1.165) is 16.6 Å². The van der Waals surface area contributed by atoms with Crippen LogP contribution in [0, 0.1) is 11.3 Å². The molecule has 3 N–H and O–H groups in total. The number of rotatable bonds is 1. The molecule has 6 heteroatoms. The number of fused-ring (bicyclic) bond motifs is 1. The molecule has 0 fully saturated rings. The fourth-order valence-electron chi connectivity index (χ4n) is 1.87. The molecule has 3 rings (SSSR count). The normalized spacial score (nSPS) is 10.5. The molecule has 0 unspecified atom stereocenters. The first-order valence-corrected chi connectivity index (χ1v) is 5.87. The maximum atomic E-state index is 8.77. The fourth-order valence-corrected chi connectivity index (χ4v) is 2.10. The van der Waals surface area contributed by atoms with Crippen LogP contribution in [0.25, 0.3) is 22.3 Å². The zero-order valence-corrected chi connectivity index (χ0v) is 10.4. The number of hydrogen-bond acceptors (Lipinski definition) is 4. The monoisotopic (exact) mass is 269 g/mol. The maximum absolute atomic E-state index is 8.77. The molecule has 19 heavy (non-hydrogen) atoms. The first kappa shape index (κ1) is 11.5. The van der Waals surface area contributed by atoms with Crippen molar-refractivity contribution in [2.45, 2.75) is 0 Å². The van der Waals surface area contributed by atoms with Gasteiger partial charge in [-0.1, -0.05) is 23.7 Å². The van der Waals surface area contributed by atoms with Gasteiger partial charge in [0.25, 0.3) is 0 Å². The summed E-state index contributed by atoms with van der Waals surface area (Å²) in [5.74, 6) is 0.130. The molecule has 0 saturated heterocycles. The second-order valence-electron chi connectivity index (χ2n) is 4.01. The molecule has 0 aliphatic rings. The van der Waals surface area contributed by atoms with Gasteiger partial charge in [0, 0.05) is 5.69 Å². The summed E-state index contributed by atoms with van der Waals surface area (Å²) in [6.45, 7) is 0. The molecule has 0 amide bonds. The number of halogens is 1. The third kappa shape index (κ3) is 1.98. The van der Waals surface area contributed by atoms with Crippen molar-refractivity contribution in [1.29, 1.82) is 5.26 Å². The van der Waals surface area contributed by atoms with Gasteiger partial charge in [0.05, 0.1) is 17.0 Å². The minimum Gasteiger partial charge on any atom is -0.368 e. The lowest BCUT2D eigenvalue weighted by Gasteiger charge is -1.96. The molecule has 0 radical (unpaired) electrons. The smallest absolute Gasteiger partial charge is 0.223 e. The standard InChI is InChI=1S/C13H8ClN5/c14-11-9-5-10(17-12(9)19-13(16)18-11)8-3-1-7(6-15)2-4-8/h1-5H,(H3,16,17,18,19).